The van der Waals surface area contributed by atoms with Crippen LogP contribution in [0.25, 0.3) is 0 Å². The second-order valence-electron chi connectivity index (χ2n) is 15.4. The summed E-state index contributed by atoms with van der Waals surface area (Å²) in [6.45, 7) is 0.549. The van der Waals surface area contributed by atoms with Gasteiger partial charge in [-0.05, 0) is 81.6 Å². The number of nitrogens with one attached hydrogen (secondary N) is 2. The van der Waals surface area contributed by atoms with E-state index < -0.39 is 75.3 Å². The van der Waals surface area contributed by atoms with E-state index in [0.717, 1.165) is 42.8 Å². The summed E-state index contributed by atoms with van der Waals surface area (Å²) in [7, 11) is -4.13. The van der Waals surface area contributed by atoms with E-state index in [-0.39, 0.29) is 58.1 Å². The van der Waals surface area contributed by atoms with Crippen LogP contribution < -0.4 is 10.0 Å². The molecule has 2 N–H and O–H groups in total. The Balaban J connectivity index is 1.13. The maximum atomic E-state index is 14.5. The second kappa shape index (κ2) is 15.8. The number of ether oxygens (including phenoxy) is 2. The number of benzene rings is 1. The summed E-state index contributed by atoms with van der Waals surface area (Å²) in [6.07, 6.45) is 8.90. The van der Waals surface area contributed by atoms with E-state index in [2.05, 4.69) is 15.8 Å². The van der Waals surface area contributed by atoms with E-state index in [0.29, 0.717) is 36.8 Å². The Morgan fingerprint density at radius 2 is 1.76 bits per heavy atom. The van der Waals surface area contributed by atoms with Crippen LogP contribution in [0.4, 0.5) is 9.18 Å². The molecule has 0 spiro atoms. The van der Waals surface area contributed by atoms with Crippen molar-refractivity contribution in [3.8, 4) is 0 Å². The topological polar surface area (TPSA) is 172 Å². The van der Waals surface area contributed by atoms with Gasteiger partial charge in [-0.3, -0.25) is 24.1 Å². The number of carbonyl (C=O) groups is 5. The molecule has 7 rings (SSSR count). The predicted molar refractivity (Wildman–Crippen MR) is 190 cm³/mol. The minimum atomic E-state index is -4.13. The molecule has 4 heterocycles. The summed E-state index contributed by atoms with van der Waals surface area (Å²) in [5.41, 5.74) is 2.53. The van der Waals surface area contributed by atoms with Gasteiger partial charge < -0.3 is 19.7 Å². The summed E-state index contributed by atoms with van der Waals surface area (Å²) >= 11 is 0. The average Bonchev–Trinajstić information content (AvgIpc) is 3.52. The van der Waals surface area contributed by atoms with Gasteiger partial charge in [-0.25, -0.2) is 13.9 Å². The van der Waals surface area contributed by atoms with Gasteiger partial charge in [0.2, 0.25) is 11.8 Å². The largest absolute Gasteiger partial charge is 0.462 e. The van der Waals surface area contributed by atoms with Gasteiger partial charge in [-0.2, -0.15) is 12.7 Å². The van der Waals surface area contributed by atoms with Gasteiger partial charge in [0.15, 0.2) is 0 Å². The summed E-state index contributed by atoms with van der Waals surface area (Å²) in [5, 5.41) is 2.79. The lowest BCUT2D eigenvalue weighted by Crippen LogP contribution is -2.59. The fourth-order valence-corrected chi connectivity index (χ4v) is 9.51. The number of amides is 4. The smallest absolute Gasteiger partial charge is 0.410 e. The highest BCUT2D eigenvalue weighted by Crippen LogP contribution is 2.45. The molecule has 4 aliphatic heterocycles. The Hall–Kier alpha value is -4.27. The normalized spacial score (nSPS) is 29.1. The lowest BCUT2D eigenvalue weighted by atomic mass is 9.95. The van der Waals surface area contributed by atoms with E-state index in [9.17, 15) is 36.8 Å². The standard InChI is InChI=1S/C38H48FN5O9S/c39-31-16-9-12-26-22-42(24-30(26)31)37(49)53-29-20-32-34(46)40-38(36(48)41-54(50,51)43-17-10-18-43)21-27(38)13-6-4-2-1-3-5-11-25(35(47)44(32)23-29)19-33(45)52-28-14-7-8-15-28/h4,9,12-13,16,25,27-29,32H,1-3,5,7-8,10-11,14-15,17-24H2,(H,40,46)(H,41,48)/t6?,25-,27-,29-,32+,38-/m1/s1. The first-order valence-corrected chi connectivity index (χ1v) is 20.6. The van der Waals surface area contributed by atoms with Crippen LogP contribution >= 0.6 is 0 Å². The van der Waals surface area contributed by atoms with E-state index in [1.165, 1.54) is 15.9 Å². The molecule has 0 bridgehead atoms. The third-order valence-corrected chi connectivity index (χ3v) is 13.1. The monoisotopic (exact) mass is 769 g/mol. The van der Waals surface area contributed by atoms with Gasteiger partial charge in [0.05, 0.1) is 19.5 Å². The molecule has 0 aromatic heterocycles. The fraction of sp³-hybridized carbons (Fsp3) is 0.632. The van der Waals surface area contributed by atoms with Crippen molar-refractivity contribution >= 4 is 40.0 Å². The number of hydrogen-bond acceptors (Lipinski definition) is 9. The van der Waals surface area contributed by atoms with Crippen molar-refractivity contribution < 1.29 is 46.3 Å². The molecular formula is C38H48FN5O9S. The van der Waals surface area contributed by atoms with Gasteiger partial charge >= 0.3 is 22.3 Å². The number of esters is 1. The first-order valence-electron chi connectivity index (χ1n) is 19.2. The molecule has 1 aromatic rings. The molecule has 16 heteroatoms. The van der Waals surface area contributed by atoms with E-state index >= 15 is 0 Å². The Morgan fingerprint density at radius 1 is 0.981 bits per heavy atom. The number of halogens is 1. The van der Waals surface area contributed by atoms with E-state index in [1.807, 2.05) is 6.08 Å². The molecule has 4 amide bonds. The lowest BCUT2D eigenvalue weighted by molar-refractivity contribution is -0.154. The van der Waals surface area contributed by atoms with Crippen LogP contribution in [0, 0.1) is 17.7 Å². The van der Waals surface area contributed by atoms with E-state index in [4.69, 9.17) is 9.47 Å². The number of carbonyl (C=O) groups excluding carboxylic acids is 5. The summed E-state index contributed by atoms with van der Waals surface area (Å²) in [4.78, 5) is 71.8. The molecular weight excluding hydrogens is 722 g/mol. The molecule has 0 radical (unpaired) electrons. The number of hydrogen-bond donors (Lipinski definition) is 2. The Bertz CT molecular complexity index is 1840. The molecule has 2 saturated heterocycles. The Labute approximate surface area is 314 Å². The molecule has 5 atom stereocenters. The quantitative estimate of drug-likeness (QED) is 0.312. The van der Waals surface area contributed by atoms with Crippen molar-refractivity contribution in [1.82, 2.24) is 24.1 Å². The zero-order valence-electron chi connectivity index (χ0n) is 30.3. The SMILES string of the molecule is O=C(C[C@H]1CCCCCC=C=C[C@@H]2C[C@@]2(C(=O)NS(=O)(=O)N2CCC2)NC(=O)[C@@H]2C[C@@H](OC(=O)N3Cc4cccc(F)c4C3)CN2C1=O)OC1CCCC1. The number of rotatable bonds is 7. The van der Waals surface area contributed by atoms with Gasteiger partial charge in [-0.1, -0.05) is 25.0 Å². The molecule has 6 aliphatic rings. The van der Waals surface area contributed by atoms with Crippen LogP contribution in [0.3, 0.4) is 0 Å². The number of nitrogens with zero attached hydrogens (tertiary/aromatic N) is 3. The molecule has 14 nitrogen and oxygen atoms in total. The van der Waals surface area contributed by atoms with Crippen molar-refractivity contribution in [2.45, 2.75) is 120 Å². The van der Waals surface area contributed by atoms with E-state index in [1.54, 1.807) is 18.2 Å². The third-order valence-electron chi connectivity index (χ3n) is 11.6. The van der Waals surface area contributed by atoms with Crippen molar-refractivity contribution in [3.05, 3.63) is 53.0 Å². The van der Waals surface area contributed by atoms with Crippen LogP contribution in [0.2, 0.25) is 0 Å². The fourth-order valence-electron chi connectivity index (χ4n) is 8.23. The van der Waals surface area contributed by atoms with Crippen molar-refractivity contribution in [2.24, 2.45) is 11.8 Å². The minimum Gasteiger partial charge on any atom is -0.462 e. The third kappa shape index (κ3) is 8.20. The molecule has 1 aromatic carbocycles. The van der Waals surface area contributed by atoms with Crippen LogP contribution in [-0.2, 0) is 52.0 Å². The summed E-state index contributed by atoms with van der Waals surface area (Å²) < 4.78 is 55.2. The zero-order chi connectivity index (χ0) is 38.0. The first-order chi connectivity index (χ1) is 25.9. The molecule has 292 valence electrons. The molecule has 2 aliphatic carbocycles. The van der Waals surface area contributed by atoms with Crippen molar-refractivity contribution in [3.63, 3.8) is 0 Å². The minimum absolute atomic E-state index is 0.00657. The second-order valence-corrected chi connectivity index (χ2v) is 17.1. The van der Waals surface area contributed by atoms with Crippen LogP contribution in [0.15, 0.2) is 36.1 Å². The maximum Gasteiger partial charge on any atom is 0.410 e. The van der Waals surface area contributed by atoms with Gasteiger partial charge in [0, 0.05) is 43.5 Å². The highest BCUT2D eigenvalue weighted by molar-refractivity contribution is 7.87. The molecule has 0 unspecified atom stereocenters. The van der Waals surface area contributed by atoms with Gasteiger partial charge in [-0.15, -0.1) is 5.73 Å². The van der Waals surface area contributed by atoms with Crippen molar-refractivity contribution in [1.29, 1.82) is 0 Å². The molecule has 4 fully saturated rings. The zero-order valence-corrected chi connectivity index (χ0v) is 31.1. The van der Waals surface area contributed by atoms with Gasteiger partial charge in [0.25, 0.3) is 5.91 Å². The Morgan fingerprint density at radius 3 is 2.50 bits per heavy atom. The van der Waals surface area contributed by atoms with Crippen LogP contribution in [0.5, 0.6) is 0 Å². The van der Waals surface area contributed by atoms with Crippen molar-refractivity contribution in [2.75, 3.05) is 19.6 Å². The van der Waals surface area contributed by atoms with Crippen LogP contribution in [0.1, 0.15) is 94.6 Å². The highest BCUT2D eigenvalue weighted by atomic mass is 32.2. The molecule has 54 heavy (non-hydrogen) atoms. The first kappa shape index (κ1) is 38.0. The average molecular weight is 770 g/mol. The summed E-state index contributed by atoms with van der Waals surface area (Å²) in [6, 6.07) is 3.42. The summed E-state index contributed by atoms with van der Waals surface area (Å²) in [5.74, 6) is -4.35. The maximum absolute atomic E-state index is 14.5. The predicted octanol–water partition coefficient (Wildman–Crippen LogP) is 3.36. The van der Waals surface area contributed by atoms with Gasteiger partial charge in [0.1, 0.15) is 29.6 Å². The highest BCUT2D eigenvalue weighted by Gasteiger charge is 2.62. The van der Waals surface area contributed by atoms with Crippen LogP contribution in [-0.4, -0.2) is 95.7 Å². The molecule has 2 saturated carbocycles. The lowest BCUT2D eigenvalue weighted by Gasteiger charge is -2.31. The Kier molecular flexibility index (Phi) is 11.1. The number of fused-ring (bicyclic) bond motifs is 3.